The summed E-state index contributed by atoms with van der Waals surface area (Å²) in [7, 11) is 0. The van der Waals surface area contributed by atoms with E-state index in [0.717, 1.165) is 45.0 Å². The van der Waals surface area contributed by atoms with Crippen molar-refractivity contribution in [3.05, 3.63) is 29.8 Å². The molecule has 0 spiro atoms. The van der Waals surface area contributed by atoms with Crippen LogP contribution in [0.4, 0.5) is 0 Å². The third-order valence-corrected chi connectivity index (χ3v) is 6.09. The van der Waals surface area contributed by atoms with Gasteiger partial charge in [0.05, 0.1) is 6.10 Å². The molecule has 168 valence electrons. The van der Waals surface area contributed by atoms with E-state index < -0.39 is 0 Å². The van der Waals surface area contributed by atoms with Crippen LogP contribution in [-0.2, 0) is 16.1 Å². The van der Waals surface area contributed by atoms with Crippen molar-refractivity contribution in [1.82, 2.24) is 9.80 Å². The van der Waals surface area contributed by atoms with Gasteiger partial charge in [-0.25, -0.2) is 0 Å². The topological polar surface area (TPSA) is 111 Å². The number of ether oxygens (including phenoxy) is 1. The highest BCUT2D eigenvalue weighted by Gasteiger charge is 2.46. The number of rotatable bonds is 6. The van der Waals surface area contributed by atoms with Gasteiger partial charge in [-0.2, -0.15) is 0 Å². The van der Waals surface area contributed by atoms with Crippen LogP contribution >= 0.6 is 0 Å². The normalized spacial score (nSPS) is 25.4. The monoisotopic (exact) mass is 422 g/mol. The third-order valence-electron chi connectivity index (χ3n) is 6.09. The zero-order valence-corrected chi connectivity index (χ0v) is 17.4. The number of fused-ring (bicyclic) bond motifs is 1. The minimum atomic E-state index is -0.250. The summed E-state index contributed by atoms with van der Waals surface area (Å²) in [4.78, 5) is 21.7. The van der Waals surface area contributed by atoms with Gasteiger partial charge in [0.2, 0.25) is 0 Å². The first-order valence-corrected chi connectivity index (χ1v) is 10.6. The van der Waals surface area contributed by atoms with Gasteiger partial charge in [0, 0.05) is 37.7 Å². The average molecular weight is 423 g/mol. The maximum atomic E-state index is 9.84. The minimum absolute atomic E-state index is 0.0592. The van der Waals surface area contributed by atoms with Gasteiger partial charge in [0.1, 0.15) is 12.4 Å². The van der Waals surface area contributed by atoms with Gasteiger partial charge in [0.15, 0.2) is 0 Å². The van der Waals surface area contributed by atoms with E-state index in [1.165, 1.54) is 37.9 Å². The van der Waals surface area contributed by atoms with E-state index in [9.17, 15) is 5.11 Å². The van der Waals surface area contributed by atoms with Crippen LogP contribution in [0, 0.1) is 11.8 Å². The molecule has 1 aromatic rings. The van der Waals surface area contributed by atoms with Gasteiger partial charge in [-0.15, -0.1) is 0 Å². The summed E-state index contributed by atoms with van der Waals surface area (Å²) in [5.41, 5.74) is 1.28. The first-order chi connectivity index (χ1) is 14.6. The summed E-state index contributed by atoms with van der Waals surface area (Å²) in [6.45, 7) is 6.88. The van der Waals surface area contributed by atoms with E-state index in [2.05, 4.69) is 34.1 Å². The molecule has 4 rings (SSSR count). The van der Waals surface area contributed by atoms with Gasteiger partial charge >= 0.3 is 0 Å². The molecule has 0 unspecified atom stereocenters. The molecule has 0 amide bonds. The Morgan fingerprint density at radius 2 is 1.67 bits per heavy atom. The molecule has 1 aromatic carbocycles. The second kappa shape index (κ2) is 13.2. The minimum Gasteiger partial charge on any atom is -0.492 e. The van der Waals surface area contributed by atoms with Crippen molar-refractivity contribution in [2.24, 2.45) is 11.8 Å². The molecule has 1 saturated carbocycles. The van der Waals surface area contributed by atoms with Crippen molar-refractivity contribution in [2.75, 3.05) is 39.3 Å². The summed E-state index contributed by atoms with van der Waals surface area (Å²) in [5, 5.41) is 23.6. The summed E-state index contributed by atoms with van der Waals surface area (Å²) in [6.07, 6.45) is 4.98. The van der Waals surface area contributed by atoms with Gasteiger partial charge in [-0.1, -0.05) is 24.6 Å². The molecule has 3 aliphatic rings. The molecule has 1 aliphatic carbocycles. The van der Waals surface area contributed by atoms with Crippen LogP contribution < -0.4 is 4.74 Å². The lowest BCUT2D eigenvalue weighted by molar-refractivity contribution is -0.123. The molecular weight excluding hydrogens is 388 g/mol. The first kappa shape index (κ1) is 24.1. The zero-order chi connectivity index (χ0) is 21.8. The fraction of sp³-hybridized carbons (Fsp3) is 0.636. The number of likely N-dealkylation sites (tertiary alicyclic amines) is 2. The van der Waals surface area contributed by atoms with Crippen LogP contribution in [0.3, 0.4) is 0 Å². The Labute approximate surface area is 178 Å². The maximum Gasteiger partial charge on any atom is 0.290 e. The number of aliphatic hydroxyl groups excluding tert-OH is 1. The molecule has 2 aliphatic heterocycles. The summed E-state index contributed by atoms with van der Waals surface area (Å²) >= 11 is 0. The lowest BCUT2D eigenvalue weighted by Crippen LogP contribution is -2.39. The van der Waals surface area contributed by atoms with Crippen LogP contribution in [0.1, 0.15) is 31.2 Å². The lowest BCUT2D eigenvalue weighted by atomic mass is 9.74. The van der Waals surface area contributed by atoms with Crippen LogP contribution in [0.2, 0.25) is 0 Å². The highest BCUT2D eigenvalue weighted by Crippen LogP contribution is 2.41. The molecular formula is C22H34N2O6. The molecule has 0 bridgehead atoms. The molecule has 8 nitrogen and oxygen atoms in total. The number of carbonyl (C=O) groups is 2. The first-order valence-electron chi connectivity index (χ1n) is 10.6. The highest BCUT2D eigenvalue weighted by atomic mass is 16.5. The second-order valence-corrected chi connectivity index (χ2v) is 7.99. The molecule has 0 radical (unpaired) electrons. The number of benzene rings is 1. The van der Waals surface area contributed by atoms with Crippen molar-refractivity contribution in [3.8, 4) is 5.75 Å². The van der Waals surface area contributed by atoms with E-state index in [1.807, 2.05) is 0 Å². The average Bonchev–Trinajstić information content (AvgIpc) is 3.07. The summed E-state index contributed by atoms with van der Waals surface area (Å²) in [6, 6.07) is 8.46. The summed E-state index contributed by atoms with van der Waals surface area (Å²) in [5.74, 6) is 2.26. The molecule has 3 fully saturated rings. The number of carboxylic acid groups (broad SMARTS) is 2. The fourth-order valence-electron chi connectivity index (χ4n) is 4.58. The van der Waals surface area contributed by atoms with Gasteiger partial charge in [0.25, 0.3) is 12.9 Å². The smallest absolute Gasteiger partial charge is 0.290 e. The van der Waals surface area contributed by atoms with Crippen molar-refractivity contribution in [2.45, 2.75) is 38.3 Å². The van der Waals surface area contributed by atoms with E-state index >= 15 is 0 Å². The standard InChI is InChI=1S/C20H30N2O2.2CH2O2/c23-19-12-17-14-22(15-18(17)19)13-16-6-2-3-7-20(16)24-11-10-21-8-4-1-5-9-21;2*2-1-3/h2-3,6-7,17-19,23H,1,4-5,8-15H2;2*1H,(H,2,3)/t17-,18+,19-;;/m1../s1. The van der Waals surface area contributed by atoms with Crippen LogP contribution in [0.15, 0.2) is 24.3 Å². The molecule has 0 aromatic heterocycles. The predicted molar refractivity (Wildman–Crippen MR) is 112 cm³/mol. The largest absolute Gasteiger partial charge is 0.492 e. The Morgan fingerprint density at radius 3 is 2.30 bits per heavy atom. The highest BCUT2D eigenvalue weighted by molar-refractivity contribution is 5.33. The van der Waals surface area contributed by atoms with Crippen molar-refractivity contribution < 1.29 is 29.6 Å². The third kappa shape index (κ3) is 7.27. The van der Waals surface area contributed by atoms with Gasteiger partial charge in [-0.05, 0) is 44.3 Å². The number of hydrogen-bond acceptors (Lipinski definition) is 6. The summed E-state index contributed by atoms with van der Waals surface area (Å²) < 4.78 is 6.12. The number of piperidine rings is 1. The number of aliphatic hydroxyl groups is 1. The lowest BCUT2D eigenvalue weighted by Gasteiger charge is -2.35. The van der Waals surface area contributed by atoms with Crippen molar-refractivity contribution >= 4 is 12.9 Å². The molecule has 2 saturated heterocycles. The van der Waals surface area contributed by atoms with Gasteiger partial charge < -0.3 is 20.1 Å². The Hall–Kier alpha value is -2.16. The number of nitrogens with zero attached hydrogens (tertiary/aromatic N) is 2. The van der Waals surface area contributed by atoms with E-state index in [4.69, 9.17) is 24.5 Å². The molecule has 8 heteroatoms. The second-order valence-electron chi connectivity index (χ2n) is 7.99. The van der Waals surface area contributed by atoms with Crippen LogP contribution in [0.25, 0.3) is 0 Å². The van der Waals surface area contributed by atoms with Gasteiger partial charge in [-0.3, -0.25) is 19.4 Å². The van der Waals surface area contributed by atoms with Crippen LogP contribution in [0.5, 0.6) is 5.75 Å². The van der Waals surface area contributed by atoms with E-state index in [0.29, 0.717) is 11.8 Å². The van der Waals surface area contributed by atoms with Crippen molar-refractivity contribution in [1.29, 1.82) is 0 Å². The molecule has 2 heterocycles. The maximum absolute atomic E-state index is 9.84. The molecule has 30 heavy (non-hydrogen) atoms. The fourth-order valence-corrected chi connectivity index (χ4v) is 4.58. The number of para-hydroxylation sites is 1. The number of hydrogen-bond donors (Lipinski definition) is 3. The van der Waals surface area contributed by atoms with Crippen LogP contribution in [-0.4, -0.2) is 83.5 Å². The predicted octanol–water partition coefficient (Wildman–Crippen LogP) is 1.77. The Kier molecular flexibility index (Phi) is 10.6. The molecule has 3 N–H and O–H groups in total. The Bertz CT molecular complexity index is 632. The van der Waals surface area contributed by atoms with Crippen molar-refractivity contribution in [3.63, 3.8) is 0 Å². The molecule has 3 atom stereocenters. The zero-order valence-electron chi connectivity index (χ0n) is 17.4. The Balaban J connectivity index is 0.000000480. The quantitative estimate of drug-likeness (QED) is 0.595. The SMILES string of the molecule is O=CO.O=CO.O[C@@H]1C[C@@H]2CN(Cc3ccccc3OCCN3CCCCC3)C[C@@H]21. The Morgan fingerprint density at radius 1 is 1.00 bits per heavy atom. The van der Waals surface area contributed by atoms with E-state index in [1.54, 1.807) is 0 Å². The van der Waals surface area contributed by atoms with E-state index in [-0.39, 0.29) is 19.0 Å².